The summed E-state index contributed by atoms with van der Waals surface area (Å²) in [7, 11) is 0. The summed E-state index contributed by atoms with van der Waals surface area (Å²) in [5.74, 6) is -1.97. The largest absolute Gasteiger partial charge is 0.486 e. The van der Waals surface area contributed by atoms with Crippen molar-refractivity contribution in [1.29, 1.82) is 0 Å². The van der Waals surface area contributed by atoms with Crippen molar-refractivity contribution in [2.45, 2.75) is 25.5 Å². The normalized spacial score (nSPS) is 15.4. The molecule has 5 rings (SSSR count). The maximum Gasteiger partial charge on any atom is 0.335 e. The number of nitrogens with one attached hydrogen (secondary N) is 1. The number of fused-ring (bicyclic) bond motifs is 2. The average molecular weight is 525 g/mol. The molecule has 2 N–H and O–H groups in total. The van der Waals surface area contributed by atoms with Crippen LogP contribution in [0.15, 0.2) is 78.9 Å². The van der Waals surface area contributed by atoms with Gasteiger partial charge in [-0.15, -0.1) is 12.4 Å². The molecule has 0 saturated heterocycles. The van der Waals surface area contributed by atoms with Gasteiger partial charge in [-0.25, -0.2) is 13.6 Å². The van der Waals surface area contributed by atoms with E-state index in [2.05, 4.69) is 36.5 Å². The maximum atomic E-state index is 14.3. The first-order valence-electron chi connectivity index (χ1n) is 11.9. The van der Waals surface area contributed by atoms with Crippen LogP contribution in [0.4, 0.5) is 20.2 Å². The van der Waals surface area contributed by atoms with Crippen molar-refractivity contribution in [3.05, 3.63) is 102 Å². The molecule has 1 heterocycles. The van der Waals surface area contributed by atoms with Gasteiger partial charge in [0.15, 0.2) is 0 Å². The van der Waals surface area contributed by atoms with Crippen molar-refractivity contribution < 1.29 is 23.4 Å². The van der Waals surface area contributed by atoms with Crippen molar-refractivity contribution in [3.8, 4) is 5.75 Å². The summed E-state index contributed by atoms with van der Waals surface area (Å²) < 4.78 is 34.4. The van der Waals surface area contributed by atoms with Crippen LogP contribution >= 0.6 is 12.4 Å². The molecule has 1 unspecified atom stereocenters. The highest BCUT2D eigenvalue weighted by Gasteiger charge is 2.28. The van der Waals surface area contributed by atoms with Gasteiger partial charge in [-0.3, -0.25) is 0 Å². The fraction of sp³-hybridized carbons (Fsp3) is 0.207. The molecular weight excluding hydrogens is 498 g/mol. The highest BCUT2D eigenvalue weighted by molar-refractivity contribution is 5.89. The second-order valence-corrected chi connectivity index (χ2v) is 9.00. The molecule has 0 amide bonds. The fourth-order valence-corrected chi connectivity index (χ4v) is 4.77. The van der Waals surface area contributed by atoms with E-state index in [0.717, 1.165) is 6.07 Å². The van der Waals surface area contributed by atoms with Crippen LogP contribution in [-0.2, 0) is 0 Å². The number of hydrogen-bond acceptors (Lipinski definition) is 4. The third kappa shape index (κ3) is 5.68. The predicted octanol–water partition coefficient (Wildman–Crippen LogP) is 6.88. The number of hydrogen-bond donors (Lipinski definition) is 2. The summed E-state index contributed by atoms with van der Waals surface area (Å²) in [4.78, 5) is 13.3. The second kappa shape index (κ2) is 11.2. The van der Waals surface area contributed by atoms with E-state index in [0.29, 0.717) is 36.6 Å². The Morgan fingerprint density at radius 3 is 2.65 bits per heavy atom. The van der Waals surface area contributed by atoms with E-state index in [1.807, 2.05) is 18.2 Å². The Labute approximate surface area is 220 Å². The fourth-order valence-electron chi connectivity index (χ4n) is 4.77. The summed E-state index contributed by atoms with van der Waals surface area (Å²) in [6, 6.07) is 22.5. The lowest BCUT2D eigenvalue weighted by Crippen LogP contribution is -2.39. The average Bonchev–Trinajstić information content (AvgIpc) is 2.87. The van der Waals surface area contributed by atoms with Gasteiger partial charge in [0.05, 0.1) is 17.8 Å². The standard InChI is InChI=1S/C29H26F2N2O3.ClH/c1-18(25-8-4-6-19-5-2-3-7-26(19)25)32-12-11-24-17-33(27-10-9-21(30)16-28(27)36-24)23-14-20(29(34)35)13-22(31)15-23;/h2-10,13-16,18,24,32H,11-12,17H2,1H3,(H,34,35);1H/t18-,24?;/m1./s1. The van der Waals surface area contributed by atoms with E-state index in [9.17, 15) is 18.7 Å². The van der Waals surface area contributed by atoms with Crippen LogP contribution in [0, 0.1) is 11.6 Å². The van der Waals surface area contributed by atoms with E-state index in [1.165, 1.54) is 40.6 Å². The van der Waals surface area contributed by atoms with Gasteiger partial charge in [-0.2, -0.15) is 0 Å². The van der Waals surface area contributed by atoms with Crippen LogP contribution < -0.4 is 15.0 Å². The minimum Gasteiger partial charge on any atom is -0.486 e. The molecule has 0 saturated carbocycles. The van der Waals surface area contributed by atoms with Gasteiger partial charge in [0.2, 0.25) is 0 Å². The summed E-state index contributed by atoms with van der Waals surface area (Å²) in [6.45, 7) is 3.11. The van der Waals surface area contributed by atoms with E-state index in [-0.39, 0.29) is 30.1 Å². The topological polar surface area (TPSA) is 61.8 Å². The van der Waals surface area contributed by atoms with Crippen LogP contribution in [0.3, 0.4) is 0 Å². The number of halogens is 3. The number of nitrogens with zero attached hydrogens (tertiary/aromatic N) is 1. The van der Waals surface area contributed by atoms with Crippen LogP contribution in [0.25, 0.3) is 10.8 Å². The Morgan fingerprint density at radius 1 is 1.05 bits per heavy atom. The quantitative estimate of drug-likeness (QED) is 0.276. The Balaban J connectivity index is 0.00000320. The highest BCUT2D eigenvalue weighted by atomic mass is 35.5. The monoisotopic (exact) mass is 524 g/mol. The molecule has 4 aromatic rings. The molecule has 8 heteroatoms. The minimum absolute atomic E-state index is 0. The molecular formula is C29H27ClF2N2O3. The number of aromatic carboxylic acids is 1. The number of carbonyl (C=O) groups is 1. The van der Waals surface area contributed by atoms with Crippen LogP contribution in [0.1, 0.15) is 35.3 Å². The van der Waals surface area contributed by atoms with Gasteiger partial charge < -0.3 is 20.1 Å². The Kier molecular flexibility index (Phi) is 7.95. The van der Waals surface area contributed by atoms with Crippen LogP contribution in [0.2, 0.25) is 0 Å². The zero-order valence-electron chi connectivity index (χ0n) is 20.2. The zero-order valence-corrected chi connectivity index (χ0v) is 21.0. The van der Waals surface area contributed by atoms with Crippen molar-refractivity contribution in [1.82, 2.24) is 5.32 Å². The SMILES string of the molecule is C[C@@H](NCCC1CN(c2cc(F)cc(C(=O)O)c2)c2ccc(F)cc2O1)c1cccc2ccccc12.Cl. The van der Waals surface area contributed by atoms with Gasteiger partial charge in [0.1, 0.15) is 23.5 Å². The van der Waals surface area contributed by atoms with Crippen LogP contribution in [-0.4, -0.2) is 30.3 Å². The molecule has 0 bridgehead atoms. The van der Waals surface area contributed by atoms with Crippen molar-refractivity contribution in [3.63, 3.8) is 0 Å². The number of carboxylic acids is 1. The molecule has 5 nitrogen and oxygen atoms in total. The third-order valence-corrected chi connectivity index (χ3v) is 6.54. The molecule has 0 aromatic heterocycles. The first-order valence-corrected chi connectivity index (χ1v) is 11.9. The third-order valence-electron chi connectivity index (χ3n) is 6.54. The molecule has 0 radical (unpaired) electrons. The molecule has 192 valence electrons. The molecule has 1 aliphatic rings. The number of benzene rings is 4. The summed E-state index contributed by atoms with van der Waals surface area (Å²) in [6.07, 6.45) is 0.297. The lowest BCUT2D eigenvalue weighted by Gasteiger charge is -2.36. The Bertz CT molecular complexity index is 1430. The lowest BCUT2D eigenvalue weighted by atomic mass is 9.99. The number of anilines is 2. The van der Waals surface area contributed by atoms with Crippen molar-refractivity contribution in [2.24, 2.45) is 0 Å². The number of rotatable bonds is 7. The molecule has 0 fully saturated rings. The maximum absolute atomic E-state index is 14.3. The smallest absolute Gasteiger partial charge is 0.335 e. The molecule has 4 aromatic carbocycles. The Hall–Kier alpha value is -3.68. The van der Waals surface area contributed by atoms with Gasteiger partial charge >= 0.3 is 5.97 Å². The van der Waals surface area contributed by atoms with Gasteiger partial charge in [-0.1, -0.05) is 42.5 Å². The molecule has 0 spiro atoms. The van der Waals surface area contributed by atoms with E-state index in [1.54, 1.807) is 11.0 Å². The molecule has 37 heavy (non-hydrogen) atoms. The first-order chi connectivity index (χ1) is 17.4. The second-order valence-electron chi connectivity index (χ2n) is 9.00. The summed E-state index contributed by atoms with van der Waals surface area (Å²) in [5, 5.41) is 15.3. The van der Waals surface area contributed by atoms with Gasteiger partial charge in [-0.05, 0) is 66.6 Å². The van der Waals surface area contributed by atoms with E-state index in [4.69, 9.17) is 4.74 Å². The van der Waals surface area contributed by atoms with Crippen molar-refractivity contribution >= 4 is 40.5 Å². The zero-order chi connectivity index (χ0) is 25.2. The molecule has 2 atom stereocenters. The molecule has 0 aliphatic carbocycles. The van der Waals surface area contributed by atoms with Gasteiger partial charge in [0.25, 0.3) is 0 Å². The van der Waals surface area contributed by atoms with E-state index >= 15 is 0 Å². The Morgan fingerprint density at radius 2 is 1.84 bits per heavy atom. The van der Waals surface area contributed by atoms with Crippen LogP contribution in [0.5, 0.6) is 5.75 Å². The van der Waals surface area contributed by atoms with Gasteiger partial charge in [0, 0.05) is 17.8 Å². The summed E-state index contributed by atoms with van der Waals surface area (Å²) in [5.41, 5.74) is 1.99. The number of ether oxygens (including phenoxy) is 1. The summed E-state index contributed by atoms with van der Waals surface area (Å²) >= 11 is 0. The lowest BCUT2D eigenvalue weighted by molar-refractivity contribution is 0.0696. The minimum atomic E-state index is -1.22. The predicted molar refractivity (Wildman–Crippen MR) is 143 cm³/mol. The number of carboxylic acid groups (broad SMARTS) is 1. The van der Waals surface area contributed by atoms with Crippen molar-refractivity contribution in [2.75, 3.05) is 18.0 Å². The molecule has 1 aliphatic heterocycles. The van der Waals surface area contributed by atoms with E-state index < -0.39 is 17.6 Å². The first kappa shape index (κ1) is 26.4. The highest BCUT2D eigenvalue weighted by Crippen LogP contribution is 2.39.